The highest BCUT2D eigenvalue weighted by Gasteiger charge is 2.50. The minimum Gasteiger partial charge on any atom is -0.357 e. The SMILES string of the molecule is C=Cc1c(C(=C)N/C(=C\F)CCN(C)CSF)cc(CCCNC(=O)C2(C#N)CC2)nc1C(=C)C(F)(F)F. The van der Waals surface area contributed by atoms with Crippen LogP contribution in [0.4, 0.5) is 21.4 Å². The maximum absolute atomic E-state index is 13.6. The van der Waals surface area contributed by atoms with Crippen molar-refractivity contribution >= 4 is 35.4 Å². The normalized spacial score (nSPS) is 14.5. The zero-order chi connectivity index (χ0) is 28.5. The summed E-state index contributed by atoms with van der Waals surface area (Å²) in [6, 6.07) is 3.53. The quantitative estimate of drug-likeness (QED) is 0.159. The second-order valence-electron chi connectivity index (χ2n) is 8.96. The van der Waals surface area contributed by atoms with E-state index in [1.54, 1.807) is 11.9 Å². The molecule has 12 heteroatoms. The third kappa shape index (κ3) is 8.16. The van der Waals surface area contributed by atoms with Gasteiger partial charge in [-0.25, -0.2) is 4.39 Å². The molecular formula is C26H30F5N5OS. The lowest BCUT2D eigenvalue weighted by atomic mass is 9.97. The number of nitrogens with one attached hydrogen (secondary N) is 2. The Morgan fingerprint density at radius 2 is 2.05 bits per heavy atom. The van der Waals surface area contributed by atoms with Crippen molar-refractivity contribution < 1.29 is 26.2 Å². The van der Waals surface area contributed by atoms with Crippen molar-refractivity contribution in [1.29, 1.82) is 5.26 Å². The van der Waals surface area contributed by atoms with Gasteiger partial charge in [-0.3, -0.25) is 14.7 Å². The lowest BCUT2D eigenvalue weighted by Gasteiger charge is -2.21. The minimum atomic E-state index is -4.76. The van der Waals surface area contributed by atoms with Crippen LogP contribution in [0.15, 0.2) is 37.8 Å². The molecular weight excluding hydrogens is 525 g/mol. The molecule has 0 atom stereocenters. The molecule has 0 aliphatic heterocycles. The van der Waals surface area contributed by atoms with Gasteiger partial charge in [0.15, 0.2) is 0 Å². The van der Waals surface area contributed by atoms with Gasteiger partial charge in [-0.2, -0.15) is 22.3 Å². The molecule has 1 saturated carbocycles. The van der Waals surface area contributed by atoms with E-state index in [2.05, 4.69) is 35.4 Å². The van der Waals surface area contributed by atoms with Crippen molar-refractivity contribution in [3.8, 4) is 6.07 Å². The summed E-state index contributed by atoms with van der Waals surface area (Å²) in [6.45, 7) is 11.2. The van der Waals surface area contributed by atoms with Crippen LogP contribution in [-0.4, -0.2) is 48.0 Å². The minimum absolute atomic E-state index is 0.0238. The molecule has 1 heterocycles. The lowest BCUT2D eigenvalue weighted by Crippen LogP contribution is -2.32. The number of rotatable bonds is 15. The summed E-state index contributed by atoms with van der Waals surface area (Å²) in [5, 5.41) is 14.6. The zero-order valence-corrected chi connectivity index (χ0v) is 21.9. The highest BCUT2D eigenvalue weighted by atomic mass is 32.2. The third-order valence-electron chi connectivity index (χ3n) is 6.04. The molecule has 38 heavy (non-hydrogen) atoms. The van der Waals surface area contributed by atoms with Gasteiger partial charge in [0.1, 0.15) is 11.7 Å². The molecule has 0 saturated heterocycles. The number of hydrogen-bond donors (Lipinski definition) is 2. The lowest BCUT2D eigenvalue weighted by molar-refractivity contribution is -0.124. The van der Waals surface area contributed by atoms with Crippen molar-refractivity contribution in [2.45, 2.75) is 38.3 Å². The van der Waals surface area contributed by atoms with Gasteiger partial charge in [-0.1, -0.05) is 25.8 Å². The summed E-state index contributed by atoms with van der Waals surface area (Å²) < 4.78 is 66.8. The van der Waals surface area contributed by atoms with Crippen LogP contribution in [-0.2, 0) is 11.2 Å². The second kappa shape index (κ2) is 13.6. The number of aryl methyl sites for hydroxylation is 1. The Morgan fingerprint density at radius 1 is 1.37 bits per heavy atom. The van der Waals surface area contributed by atoms with Gasteiger partial charge in [0.25, 0.3) is 0 Å². The summed E-state index contributed by atoms with van der Waals surface area (Å²) in [7, 11) is 1.66. The first-order valence-electron chi connectivity index (χ1n) is 11.7. The summed E-state index contributed by atoms with van der Waals surface area (Å²) in [5.41, 5.74) is -1.84. The van der Waals surface area contributed by atoms with Crippen LogP contribution in [0.1, 0.15) is 48.2 Å². The molecule has 0 aromatic carbocycles. The maximum Gasteiger partial charge on any atom is 0.417 e. The molecule has 0 spiro atoms. The van der Waals surface area contributed by atoms with E-state index in [0.29, 0.717) is 32.1 Å². The molecule has 206 valence electrons. The fourth-order valence-electron chi connectivity index (χ4n) is 3.58. The second-order valence-corrected chi connectivity index (χ2v) is 9.44. The van der Waals surface area contributed by atoms with E-state index in [1.807, 2.05) is 6.07 Å². The van der Waals surface area contributed by atoms with Gasteiger partial charge < -0.3 is 10.6 Å². The van der Waals surface area contributed by atoms with Crippen LogP contribution < -0.4 is 10.6 Å². The van der Waals surface area contributed by atoms with Crippen LogP contribution >= 0.6 is 12.1 Å². The molecule has 6 nitrogen and oxygen atoms in total. The van der Waals surface area contributed by atoms with Crippen LogP contribution in [0.5, 0.6) is 0 Å². The Bertz CT molecular complexity index is 1140. The highest BCUT2D eigenvalue weighted by Crippen LogP contribution is 2.45. The molecule has 0 bridgehead atoms. The van der Waals surface area contributed by atoms with Gasteiger partial charge >= 0.3 is 6.18 Å². The van der Waals surface area contributed by atoms with Gasteiger partial charge in [0.2, 0.25) is 5.91 Å². The van der Waals surface area contributed by atoms with Crippen molar-refractivity contribution in [2.75, 3.05) is 26.0 Å². The summed E-state index contributed by atoms with van der Waals surface area (Å²) in [4.78, 5) is 17.9. The van der Waals surface area contributed by atoms with Crippen LogP contribution in [0, 0.1) is 16.7 Å². The van der Waals surface area contributed by atoms with E-state index in [1.165, 1.54) is 12.1 Å². The first kappa shape index (κ1) is 31.1. The first-order valence-corrected chi connectivity index (χ1v) is 12.6. The molecule has 0 radical (unpaired) electrons. The van der Waals surface area contributed by atoms with Crippen molar-refractivity contribution in [3.05, 3.63) is 60.3 Å². The summed E-state index contributed by atoms with van der Waals surface area (Å²) in [6.07, 6.45) is -1.52. The Morgan fingerprint density at radius 3 is 2.58 bits per heavy atom. The number of hydrogen-bond acceptors (Lipinski definition) is 6. The number of carbonyl (C=O) groups excluding carboxylic acids is 1. The molecule has 1 aromatic rings. The average molecular weight is 556 g/mol. The number of amides is 1. The largest absolute Gasteiger partial charge is 0.417 e. The number of carbonyl (C=O) groups is 1. The van der Waals surface area contributed by atoms with Gasteiger partial charge in [-0.15, -0.1) is 0 Å². The van der Waals surface area contributed by atoms with Gasteiger partial charge in [0, 0.05) is 47.7 Å². The maximum atomic E-state index is 13.6. The number of allylic oxidation sites excluding steroid dienone is 1. The third-order valence-corrected chi connectivity index (χ3v) is 6.58. The van der Waals surface area contributed by atoms with Gasteiger partial charge in [-0.05, 0) is 38.8 Å². The van der Waals surface area contributed by atoms with E-state index in [0.717, 1.165) is 0 Å². The van der Waals surface area contributed by atoms with Crippen molar-refractivity contribution in [2.24, 2.45) is 5.41 Å². The molecule has 1 aliphatic carbocycles. The summed E-state index contributed by atoms with van der Waals surface area (Å²) >= 11 is 0.127. The number of aromatic nitrogens is 1. The fraction of sp³-hybridized carbons (Fsp3) is 0.423. The molecule has 1 fully saturated rings. The highest BCUT2D eigenvalue weighted by molar-refractivity contribution is 7.94. The van der Waals surface area contributed by atoms with Crippen LogP contribution in [0.25, 0.3) is 17.3 Å². The number of nitrogens with zero attached hydrogens (tertiary/aromatic N) is 3. The predicted molar refractivity (Wildman–Crippen MR) is 140 cm³/mol. The van der Waals surface area contributed by atoms with Crippen molar-refractivity contribution in [1.82, 2.24) is 20.5 Å². The molecule has 1 amide bonds. The Labute approximate surface area is 223 Å². The molecule has 2 rings (SSSR count). The Hall–Kier alpha value is -3.17. The number of pyridine rings is 1. The number of halogens is 5. The Kier molecular flexibility index (Phi) is 11.1. The smallest absolute Gasteiger partial charge is 0.357 e. The van der Waals surface area contributed by atoms with Crippen LogP contribution in [0.2, 0.25) is 0 Å². The first-order chi connectivity index (χ1) is 17.9. The molecule has 0 unspecified atom stereocenters. The molecule has 2 N–H and O–H groups in total. The Balaban J connectivity index is 2.27. The van der Waals surface area contributed by atoms with Crippen molar-refractivity contribution in [3.63, 3.8) is 0 Å². The molecule has 1 aromatic heterocycles. The monoisotopic (exact) mass is 555 g/mol. The van der Waals surface area contributed by atoms with E-state index in [9.17, 15) is 26.2 Å². The fourth-order valence-corrected chi connectivity index (χ4v) is 3.87. The van der Waals surface area contributed by atoms with E-state index >= 15 is 0 Å². The van der Waals surface area contributed by atoms with E-state index < -0.39 is 22.9 Å². The topological polar surface area (TPSA) is 81.0 Å². The number of alkyl halides is 3. The predicted octanol–water partition coefficient (Wildman–Crippen LogP) is 5.92. The van der Waals surface area contributed by atoms with E-state index in [-0.39, 0.29) is 71.5 Å². The number of nitriles is 1. The average Bonchev–Trinajstić information content (AvgIpc) is 3.68. The zero-order valence-electron chi connectivity index (χ0n) is 21.1. The molecule has 1 aliphatic rings. The standard InChI is InChI=1S/C26H30F5N5OS/c1-5-21-22(18(3)34-20(14-27)8-12-36(4)16-38-31)13-19(35-23(21)17(2)26(28,29)30)7-6-11-33-24(37)25(15-32)9-10-25/h5,13-14,34H,1-3,6-12,16H2,4H3,(H,33,37)/b20-14-. The summed E-state index contributed by atoms with van der Waals surface area (Å²) in [5.74, 6) is -0.268. The van der Waals surface area contributed by atoms with Crippen LogP contribution in [0.3, 0.4) is 0 Å². The van der Waals surface area contributed by atoms with Gasteiger partial charge in [0.05, 0.1) is 35.4 Å². The van der Waals surface area contributed by atoms with E-state index in [4.69, 9.17) is 5.26 Å².